The van der Waals surface area contributed by atoms with Crippen molar-refractivity contribution in [2.75, 3.05) is 0 Å². The van der Waals surface area contributed by atoms with E-state index in [9.17, 15) is 4.79 Å². The second kappa shape index (κ2) is 8.08. The van der Waals surface area contributed by atoms with Crippen LogP contribution >= 0.6 is 11.3 Å². The summed E-state index contributed by atoms with van der Waals surface area (Å²) in [6.07, 6.45) is 11.8. The maximum atomic E-state index is 13.2. The summed E-state index contributed by atoms with van der Waals surface area (Å²) in [5.41, 5.74) is 2.79. The molecule has 0 radical (unpaired) electrons. The molecule has 0 unspecified atom stereocenters. The van der Waals surface area contributed by atoms with Crippen LogP contribution in [-0.2, 0) is 25.9 Å². The van der Waals surface area contributed by atoms with Gasteiger partial charge in [0.05, 0.1) is 29.4 Å². The van der Waals surface area contributed by atoms with Crippen molar-refractivity contribution in [3.8, 4) is 0 Å². The number of fused-ring (bicyclic) bond motifs is 1. The first-order valence-electron chi connectivity index (χ1n) is 9.38. The van der Waals surface area contributed by atoms with Gasteiger partial charge in [0.25, 0.3) is 5.91 Å². The van der Waals surface area contributed by atoms with Crippen LogP contribution in [0.15, 0.2) is 40.2 Å². The van der Waals surface area contributed by atoms with Crippen molar-refractivity contribution >= 4 is 17.2 Å². The minimum Gasteiger partial charge on any atom is -0.451 e. The maximum Gasteiger partial charge on any atom is 0.264 e. The van der Waals surface area contributed by atoms with Gasteiger partial charge in [-0.3, -0.25) is 4.79 Å². The van der Waals surface area contributed by atoms with E-state index in [0.717, 1.165) is 35.0 Å². The fraction of sp³-hybridized carbons (Fsp3) is 0.450. The fourth-order valence-corrected chi connectivity index (χ4v) is 4.91. The van der Waals surface area contributed by atoms with Crippen LogP contribution in [0.2, 0.25) is 0 Å². The molecule has 6 nitrogen and oxygen atoms in total. The molecule has 1 aliphatic rings. The second-order valence-electron chi connectivity index (χ2n) is 7.08. The number of hydrogen-bond donors (Lipinski definition) is 0. The smallest absolute Gasteiger partial charge is 0.264 e. The van der Waals surface area contributed by atoms with Gasteiger partial charge in [-0.15, -0.1) is 11.3 Å². The first kappa shape index (κ1) is 18.0. The Bertz CT molecular complexity index is 834. The Hall–Kier alpha value is -2.41. The molecule has 0 aliphatic heterocycles. The minimum atomic E-state index is 0.00689. The molecule has 0 saturated carbocycles. The Morgan fingerprint density at radius 2 is 1.93 bits per heavy atom. The summed E-state index contributed by atoms with van der Waals surface area (Å²) in [4.78, 5) is 25.5. The van der Waals surface area contributed by atoms with Gasteiger partial charge in [-0.1, -0.05) is 19.8 Å². The van der Waals surface area contributed by atoms with Crippen LogP contribution in [-0.4, -0.2) is 20.8 Å². The largest absolute Gasteiger partial charge is 0.451 e. The van der Waals surface area contributed by atoms with Crippen LogP contribution in [0.1, 0.15) is 57.7 Å². The highest BCUT2D eigenvalue weighted by Gasteiger charge is 2.25. The van der Waals surface area contributed by atoms with Crippen molar-refractivity contribution < 1.29 is 13.6 Å². The van der Waals surface area contributed by atoms with Gasteiger partial charge < -0.3 is 13.7 Å². The normalized spacial score (nSPS) is 16.3. The van der Waals surface area contributed by atoms with Gasteiger partial charge in [0.1, 0.15) is 12.5 Å². The third kappa shape index (κ3) is 4.13. The summed E-state index contributed by atoms with van der Waals surface area (Å²) in [6, 6.07) is 2.10. The fourth-order valence-electron chi connectivity index (χ4n) is 3.74. The highest BCUT2D eigenvalue weighted by Crippen LogP contribution is 2.34. The molecule has 1 aliphatic carbocycles. The highest BCUT2D eigenvalue weighted by molar-refractivity contribution is 7.14. The molecule has 1 atom stereocenters. The summed E-state index contributed by atoms with van der Waals surface area (Å²) in [6.45, 7) is 3.00. The molecule has 0 N–H and O–H groups in total. The van der Waals surface area contributed by atoms with Crippen LogP contribution in [0.25, 0.3) is 0 Å². The van der Waals surface area contributed by atoms with Crippen LogP contribution in [0.3, 0.4) is 0 Å². The van der Waals surface area contributed by atoms with E-state index < -0.39 is 0 Å². The molecule has 0 fully saturated rings. The van der Waals surface area contributed by atoms with E-state index in [0.29, 0.717) is 13.1 Å². The summed E-state index contributed by atoms with van der Waals surface area (Å²) in [5, 5.41) is 0. The number of aromatic nitrogens is 2. The highest BCUT2D eigenvalue weighted by atomic mass is 32.1. The summed E-state index contributed by atoms with van der Waals surface area (Å²) in [5.74, 6) is 0.758. The molecule has 3 aromatic rings. The van der Waals surface area contributed by atoms with Gasteiger partial charge in [-0.2, -0.15) is 0 Å². The summed E-state index contributed by atoms with van der Waals surface area (Å²) < 4.78 is 10.1. The molecule has 0 bridgehead atoms. The molecule has 3 heterocycles. The van der Waals surface area contributed by atoms with Gasteiger partial charge >= 0.3 is 0 Å². The number of amides is 1. The zero-order valence-electron chi connectivity index (χ0n) is 15.4. The lowest BCUT2D eigenvalue weighted by molar-refractivity contribution is 0.0730. The molecule has 0 spiro atoms. The zero-order chi connectivity index (χ0) is 18.6. The van der Waals surface area contributed by atoms with E-state index in [-0.39, 0.29) is 5.91 Å². The Balaban J connectivity index is 1.54. The standard InChI is InChI=1S/C20H23N3O3S/c1-2-3-14-4-5-18-15(6-14)7-19(27-18)20(24)23(8-16-10-25-12-21-16)9-17-11-26-13-22-17/h7,10-14H,2-6,8-9H2,1H3/t14-/m0/s1. The lowest BCUT2D eigenvalue weighted by Gasteiger charge is -2.21. The van der Waals surface area contributed by atoms with E-state index >= 15 is 0 Å². The number of rotatable bonds is 7. The number of carbonyl (C=O) groups is 1. The summed E-state index contributed by atoms with van der Waals surface area (Å²) in [7, 11) is 0. The number of aryl methyl sites for hydroxylation is 1. The van der Waals surface area contributed by atoms with Crippen molar-refractivity contribution in [3.05, 3.63) is 58.1 Å². The van der Waals surface area contributed by atoms with Crippen molar-refractivity contribution in [2.24, 2.45) is 5.92 Å². The van der Waals surface area contributed by atoms with Crippen LogP contribution in [0.4, 0.5) is 0 Å². The number of oxazole rings is 2. The molecule has 3 aromatic heterocycles. The first-order chi connectivity index (χ1) is 13.2. The topological polar surface area (TPSA) is 72.4 Å². The van der Waals surface area contributed by atoms with Gasteiger partial charge in [-0.25, -0.2) is 9.97 Å². The maximum absolute atomic E-state index is 13.2. The summed E-state index contributed by atoms with van der Waals surface area (Å²) >= 11 is 1.64. The van der Waals surface area contributed by atoms with Crippen molar-refractivity contribution in [1.82, 2.24) is 14.9 Å². The first-order valence-corrected chi connectivity index (χ1v) is 10.2. The molecule has 1 amide bonds. The average Bonchev–Trinajstić information content (AvgIpc) is 3.42. The van der Waals surface area contributed by atoms with Crippen molar-refractivity contribution in [1.29, 1.82) is 0 Å². The third-order valence-corrected chi connectivity index (χ3v) is 6.28. The number of thiophene rings is 1. The van der Waals surface area contributed by atoms with Crippen molar-refractivity contribution in [3.63, 3.8) is 0 Å². The molecule has 7 heteroatoms. The van der Waals surface area contributed by atoms with Crippen LogP contribution in [0, 0.1) is 5.92 Å². The minimum absolute atomic E-state index is 0.00689. The number of nitrogens with zero attached hydrogens (tertiary/aromatic N) is 3. The Kier molecular flexibility index (Phi) is 5.38. The lowest BCUT2D eigenvalue weighted by atomic mass is 9.85. The second-order valence-corrected chi connectivity index (χ2v) is 8.21. The van der Waals surface area contributed by atoms with E-state index in [1.54, 1.807) is 28.8 Å². The van der Waals surface area contributed by atoms with Crippen molar-refractivity contribution in [2.45, 2.75) is 52.1 Å². The SMILES string of the molecule is CCC[C@H]1CCc2sc(C(=O)N(Cc3cocn3)Cc3cocn3)cc2C1. The predicted octanol–water partition coefficient (Wildman–Crippen LogP) is 4.47. The molecular formula is C20H23N3O3S. The van der Waals surface area contributed by atoms with Gasteiger partial charge in [-0.05, 0) is 36.8 Å². The Morgan fingerprint density at radius 1 is 1.22 bits per heavy atom. The molecule has 142 valence electrons. The monoisotopic (exact) mass is 385 g/mol. The molecule has 27 heavy (non-hydrogen) atoms. The molecular weight excluding hydrogens is 362 g/mol. The Morgan fingerprint density at radius 3 is 2.52 bits per heavy atom. The van der Waals surface area contributed by atoms with E-state index in [1.165, 1.54) is 42.5 Å². The average molecular weight is 385 g/mol. The molecule has 4 rings (SSSR count). The van der Waals surface area contributed by atoms with Crippen LogP contribution in [0.5, 0.6) is 0 Å². The van der Waals surface area contributed by atoms with E-state index in [2.05, 4.69) is 23.0 Å². The third-order valence-electron chi connectivity index (χ3n) is 5.05. The van der Waals surface area contributed by atoms with E-state index in [1.807, 2.05) is 0 Å². The van der Waals surface area contributed by atoms with Gasteiger partial charge in [0.2, 0.25) is 0 Å². The van der Waals surface area contributed by atoms with Gasteiger partial charge in [0, 0.05) is 4.88 Å². The predicted molar refractivity (Wildman–Crippen MR) is 101 cm³/mol. The molecule has 0 aromatic carbocycles. The number of carbonyl (C=O) groups excluding carboxylic acids is 1. The lowest BCUT2D eigenvalue weighted by Crippen LogP contribution is -2.29. The molecule has 0 saturated heterocycles. The quantitative estimate of drug-likeness (QED) is 0.600. The van der Waals surface area contributed by atoms with E-state index in [4.69, 9.17) is 8.83 Å². The Labute approximate surface area is 162 Å². The zero-order valence-corrected chi connectivity index (χ0v) is 16.2. The number of hydrogen-bond acceptors (Lipinski definition) is 6. The van der Waals surface area contributed by atoms with Gasteiger partial charge in [0.15, 0.2) is 12.8 Å². The van der Waals surface area contributed by atoms with Crippen LogP contribution < -0.4 is 0 Å².